The minimum atomic E-state index is -0.121. The number of nitrogens with zero attached hydrogens (tertiary/aromatic N) is 1. The summed E-state index contributed by atoms with van der Waals surface area (Å²) >= 11 is 6.01. The first kappa shape index (κ1) is 13.2. The van der Waals surface area contributed by atoms with Crippen molar-refractivity contribution in [2.75, 3.05) is 31.8 Å². The van der Waals surface area contributed by atoms with E-state index in [-0.39, 0.29) is 11.3 Å². The van der Waals surface area contributed by atoms with Crippen molar-refractivity contribution >= 4 is 23.2 Å². The first-order chi connectivity index (χ1) is 8.72. The van der Waals surface area contributed by atoms with Gasteiger partial charge in [0.2, 0.25) is 5.91 Å². The van der Waals surface area contributed by atoms with Crippen LogP contribution in [-0.2, 0) is 9.53 Å². The van der Waals surface area contributed by atoms with E-state index in [2.05, 4.69) is 0 Å². The first-order valence-electron chi connectivity index (χ1n) is 5.87. The zero-order chi connectivity index (χ0) is 13.0. The number of anilines is 1. The Morgan fingerprint density at radius 3 is 2.83 bits per heavy atom. The third-order valence-corrected chi connectivity index (χ3v) is 3.07. The normalized spacial score (nSPS) is 19.3. The van der Waals surface area contributed by atoms with Gasteiger partial charge in [0, 0.05) is 20.1 Å². The Morgan fingerprint density at radius 1 is 1.39 bits per heavy atom. The molecule has 0 saturated carbocycles. The van der Waals surface area contributed by atoms with Crippen molar-refractivity contribution in [3.8, 4) is 5.75 Å². The molecule has 1 unspecified atom stereocenters. The molecule has 1 fully saturated rings. The summed E-state index contributed by atoms with van der Waals surface area (Å²) in [6, 6.07) is 7.48. The fourth-order valence-electron chi connectivity index (χ4n) is 1.93. The molecule has 1 atom stereocenters. The topological polar surface area (TPSA) is 38.8 Å². The maximum Gasteiger partial charge on any atom is 0.228 e. The zero-order valence-corrected chi connectivity index (χ0v) is 11.0. The van der Waals surface area contributed by atoms with Crippen molar-refractivity contribution in [1.82, 2.24) is 0 Å². The lowest BCUT2D eigenvalue weighted by molar-refractivity contribution is -0.117. The van der Waals surface area contributed by atoms with E-state index in [9.17, 15) is 4.79 Å². The fraction of sp³-hybridized carbons (Fsp3) is 0.462. The molecule has 4 nitrogen and oxygen atoms in total. The average Bonchev–Trinajstić information content (AvgIpc) is 2.69. The number of hydrogen-bond donors (Lipinski definition) is 0. The molecular formula is C13H16ClNO3. The Labute approximate surface area is 111 Å². The molecule has 1 saturated heterocycles. The molecular weight excluding hydrogens is 254 g/mol. The predicted molar refractivity (Wildman–Crippen MR) is 70.4 cm³/mol. The molecule has 1 heterocycles. The molecule has 0 aliphatic carbocycles. The fourth-order valence-corrected chi connectivity index (χ4v) is 2.20. The highest BCUT2D eigenvalue weighted by Gasteiger charge is 2.30. The van der Waals surface area contributed by atoms with E-state index >= 15 is 0 Å². The molecule has 98 valence electrons. The van der Waals surface area contributed by atoms with Gasteiger partial charge in [-0.2, -0.15) is 0 Å². The van der Waals surface area contributed by atoms with Gasteiger partial charge in [-0.3, -0.25) is 4.79 Å². The molecule has 1 aromatic rings. The third-order valence-electron chi connectivity index (χ3n) is 2.78. The largest absolute Gasteiger partial charge is 0.489 e. The lowest BCUT2D eigenvalue weighted by Gasteiger charge is -2.19. The molecule has 18 heavy (non-hydrogen) atoms. The molecule has 1 aromatic carbocycles. The van der Waals surface area contributed by atoms with E-state index < -0.39 is 0 Å². The van der Waals surface area contributed by atoms with Gasteiger partial charge in [-0.15, -0.1) is 11.6 Å². The van der Waals surface area contributed by atoms with Gasteiger partial charge in [-0.1, -0.05) is 12.1 Å². The highest BCUT2D eigenvalue weighted by Crippen LogP contribution is 2.32. The van der Waals surface area contributed by atoms with Gasteiger partial charge >= 0.3 is 0 Å². The van der Waals surface area contributed by atoms with Crippen LogP contribution in [0.25, 0.3) is 0 Å². The first-order valence-corrected chi connectivity index (χ1v) is 6.31. The number of halogens is 1. The number of carbonyl (C=O) groups excluding carboxylic acids is 1. The predicted octanol–water partition coefficient (Wildman–Crippen LogP) is 2.06. The number of benzene rings is 1. The van der Waals surface area contributed by atoms with Crippen LogP contribution in [0.2, 0.25) is 0 Å². The summed E-state index contributed by atoms with van der Waals surface area (Å²) < 4.78 is 10.6. The van der Waals surface area contributed by atoms with Crippen molar-refractivity contribution in [2.24, 2.45) is 0 Å². The van der Waals surface area contributed by atoms with Crippen LogP contribution in [0.4, 0.5) is 5.69 Å². The molecule has 1 aliphatic rings. The Hall–Kier alpha value is -1.26. The van der Waals surface area contributed by atoms with Crippen LogP contribution in [0.15, 0.2) is 24.3 Å². The number of rotatable bonds is 5. The molecule has 0 spiro atoms. The summed E-state index contributed by atoms with van der Waals surface area (Å²) in [5.41, 5.74) is 0.779. The van der Waals surface area contributed by atoms with E-state index in [1.807, 2.05) is 24.3 Å². The van der Waals surface area contributed by atoms with Gasteiger partial charge in [0.15, 0.2) is 0 Å². The second kappa shape index (κ2) is 6.07. The minimum Gasteiger partial charge on any atom is -0.489 e. The Balaban J connectivity index is 2.14. The van der Waals surface area contributed by atoms with Gasteiger partial charge < -0.3 is 14.4 Å². The number of hydrogen-bond acceptors (Lipinski definition) is 3. The molecule has 1 amide bonds. The van der Waals surface area contributed by atoms with Crippen molar-refractivity contribution in [1.29, 1.82) is 0 Å². The summed E-state index contributed by atoms with van der Waals surface area (Å²) in [7, 11) is 1.62. The average molecular weight is 270 g/mol. The molecule has 0 aromatic heterocycles. The number of para-hydroxylation sites is 2. The summed E-state index contributed by atoms with van der Waals surface area (Å²) in [5, 5.41) is -0.121. The summed E-state index contributed by atoms with van der Waals surface area (Å²) in [4.78, 5) is 13.5. The summed E-state index contributed by atoms with van der Waals surface area (Å²) in [6.07, 6.45) is 0.383. The number of amides is 1. The highest BCUT2D eigenvalue weighted by atomic mass is 35.5. The van der Waals surface area contributed by atoms with Crippen molar-refractivity contribution < 1.29 is 14.3 Å². The van der Waals surface area contributed by atoms with E-state index in [4.69, 9.17) is 21.1 Å². The second-order valence-electron chi connectivity index (χ2n) is 4.11. The molecule has 1 aliphatic heterocycles. The molecule has 5 heteroatoms. The van der Waals surface area contributed by atoms with E-state index in [0.29, 0.717) is 31.9 Å². The van der Waals surface area contributed by atoms with Gasteiger partial charge in [-0.05, 0) is 12.1 Å². The monoisotopic (exact) mass is 269 g/mol. The van der Waals surface area contributed by atoms with E-state index in [0.717, 1.165) is 5.69 Å². The Kier molecular flexibility index (Phi) is 4.44. The van der Waals surface area contributed by atoms with Crippen LogP contribution in [-0.4, -0.2) is 38.2 Å². The lowest BCUT2D eigenvalue weighted by atomic mass is 10.2. The van der Waals surface area contributed by atoms with Crippen molar-refractivity contribution in [2.45, 2.75) is 11.8 Å². The summed E-state index contributed by atoms with van der Waals surface area (Å²) in [6.45, 7) is 1.51. The molecule has 2 rings (SSSR count). The third kappa shape index (κ3) is 2.94. The maximum absolute atomic E-state index is 11.8. The van der Waals surface area contributed by atoms with E-state index in [1.165, 1.54) is 0 Å². The smallest absolute Gasteiger partial charge is 0.228 e. The lowest BCUT2D eigenvalue weighted by Crippen LogP contribution is -2.25. The molecule has 0 bridgehead atoms. The van der Waals surface area contributed by atoms with Crippen LogP contribution < -0.4 is 9.64 Å². The van der Waals surface area contributed by atoms with Crippen LogP contribution >= 0.6 is 11.6 Å². The van der Waals surface area contributed by atoms with Gasteiger partial charge in [0.25, 0.3) is 0 Å². The number of carbonyl (C=O) groups is 1. The SMILES string of the molecule is COCCOc1ccccc1N1CC(Cl)CC1=O. The standard InChI is InChI=1S/C13H16ClNO3/c1-17-6-7-18-12-5-3-2-4-11(12)15-9-10(14)8-13(15)16/h2-5,10H,6-9H2,1H3. The zero-order valence-electron chi connectivity index (χ0n) is 10.3. The van der Waals surface area contributed by atoms with Crippen molar-refractivity contribution in [3.05, 3.63) is 24.3 Å². The Bertz CT molecular complexity index is 424. The Morgan fingerprint density at radius 2 is 2.17 bits per heavy atom. The maximum atomic E-state index is 11.8. The number of alkyl halides is 1. The van der Waals surface area contributed by atoms with Gasteiger partial charge in [0.05, 0.1) is 17.7 Å². The quantitative estimate of drug-likeness (QED) is 0.607. The van der Waals surface area contributed by atoms with Crippen LogP contribution in [0.1, 0.15) is 6.42 Å². The second-order valence-corrected chi connectivity index (χ2v) is 4.73. The number of ether oxygens (including phenoxy) is 2. The minimum absolute atomic E-state index is 0.0396. The highest BCUT2D eigenvalue weighted by molar-refractivity contribution is 6.24. The van der Waals surface area contributed by atoms with Gasteiger partial charge in [-0.25, -0.2) is 0 Å². The molecule has 0 radical (unpaired) electrons. The van der Waals surface area contributed by atoms with Gasteiger partial charge in [0.1, 0.15) is 12.4 Å². The van der Waals surface area contributed by atoms with Crippen molar-refractivity contribution in [3.63, 3.8) is 0 Å². The molecule has 0 N–H and O–H groups in total. The summed E-state index contributed by atoms with van der Waals surface area (Å²) in [5.74, 6) is 0.728. The van der Waals surface area contributed by atoms with E-state index in [1.54, 1.807) is 12.0 Å². The van der Waals surface area contributed by atoms with Crippen LogP contribution in [0.5, 0.6) is 5.75 Å². The van der Waals surface area contributed by atoms with Crippen LogP contribution in [0, 0.1) is 0 Å². The number of methoxy groups -OCH3 is 1. The van der Waals surface area contributed by atoms with Crippen LogP contribution in [0.3, 0.4) is 0 Å².